The summed E-state index contributed by atoms with van der Waals surface area (Å²) in [6.45, 7) is 2.84. The summed E-state index contributed by atoms with van der Waals surface area (Å²) in [6.07, 6.45) is 3.63. The van der Waals surface area contributed by atoms with Gasteiger partial charge in [0.05, 0.1) is 11.0 Å². The third kappa shape index (κ3) is 5.38. The van der Waals surface area contributed by atoms with E-state index in [-0.39, 0.29) is 24.5 Å². The van der Waals surface area contributed by atoms with E-state index in [1.54, 1.807) is 11.1 Å². The van der Waals surface area contributed by atoms with Gasteiger partial charge in [0.1, 0.15) is 12.6 Å². The fourth-order valence-electron chi connectivity index (χ4n) is 5.06. The van der Waals surface area contributed by atoms with Gasteiger partial charge in [-0.2, -0.15) is 4.80 Å². The van der Waals surface area contributed by atoms with E-state index >= 15 is 0 Å². The van der Waals surface area contributed by atoms with Crippen molar-refractivity contribution >= 4 is 39.7 Å². The zero-order chi connectivity index (χ0) is 27.5. The van der Waals surface area contributed by atoms with Crippen molar-refractivity contribution < 1.29 is 14.3 Å². The van der Waals surface area contributed by atoms with Crippen molar-refractivity contribution in [3.63, 3.8) is 0 Å². The van der Waals surface area contributed by atoms with Crippen LogP contribution in [0, 0.1) is 6.92 Å². The minimum atomic E-state index is -0.952. The number of nitrogens with one attached hydrogen (secondary N) is 2. The summed E-state index contributed by atoms with van der Waals surface area (Å²) in [5, 5.41) is 18.5. The molecule has 0 spiro atoms. The van der Waals surface area contributed by atoms with E-state index in [4.69, 9.17) is 4.74 Å². The second-order valence-corrected chi connectivity index (χ2v) is 10.7. The third-order valence-electron chi connectivity index (χ3n) is 6.97. The number of ether oxygens (including phenoxy) is 1. The molecular formula is C29H29N7O3S. The van der Waals surface area contributed by atoms with E-state index < -0.39 is 6.04 Å². The van der Waals surface area contributed by atoms with Crippen LogP contribution in [0.4, 0.5) is 5.69 Å². The van der Waals surface area contributed by atoms with Crippen LogP contribution in [0.15, 0.2) is 72.2 Å². The number of rotatable bonds is 9. The summed E-state index contributed by atoms with van der Waals surface area (Å²) in [4.78, 5) is 35.1. The molecule has 1 aliphatic heterocycles. The smallest absolute Gasteiger partial charge is 0.251 e. The number of carbonyl (C=O) groups is 2. The Morgan fingerprint density at radius 2 is 2.10 bits per heavy atom. The van der Waals surface area contributed by atoms with Crippen LogP contribution in [0.1, 0.15) is 30.0 Å². The number of para-hydroxylation sites is 1. The first kappa shape index (κ1) is 25.9. The number of amides is 2. The molecule has 0 radical (unpaired) electrons. The molecule has 0 bridgehead atoms. The van der Waals surface area contributed by atoms with Crippen molar-refractivity contribution in [3.05, 3.63) is 83.4 Å². The summed E-state index contributed by atoms with van der Waals surface area (Å²) in [5.41, 5.74) is 3.14. The number of hydrogen-bond acceptors (Lipinski definition) is 7. The number of aryl methyl sites for hydroxylation is 1. The number of tetrazole rings is 1. The van der Waals surface area contributed by atoms with Crippen molar-refractivity contribution in [2.75, 3.05) is 18.1 Å². The second kappa shape index (κ2) is 11.4. The van der Waals surface area contributed by atoms with Gasteiger partial charge < -0.3 is 15.0 Å². The van der Waals surface area contributed by atoms with Crippen molar-refractivity contribution in [2.24, 2.45) is 0 Å². The summed E-state index contributed by atoms with van der Waals surface area (Å²) in [5.74, 6) is -0.184. The van der Waals surface area contributed by atoms with Crippen LogP contribution in [0.3, 0.4) is 0 Å². The Kier molecular flexibility index (Phi) is 7.39. The monoisotopic (exact) mass is 555 g/mol. The summed E-state index contributed by atoms with van der Waals surface area (Å²) in [7, 11) is 0. The first-order valence-corrected chi connectivity index (χ1v) is 14.1. The molecule has 1 aliphatic rings. The molecule has 2 N–H and O–H groups in total. The summed E-state index contributed by atoms with van der Waals surface area (Å²) >= 11 is 1.50. The van der Waals surface area contributed by atoms with Gasteiger partial charge in [0, 0.05) is 41.5 Å². The number of aromatic nitrogens is 5. The molecule has 204 valence electrons. The minimum Gasteiger partial charge on any atom is -0.376 e. The van der Waals surface area contributed by atoms with Gasteiger partial charge >= 0.3 is 0 Å². The molecule has 10 nitrogen and oxygen atoms in total. The average molecular weight is 556 g/mol. The fourth-order valence-corrected chi connectivity index (χ4v) is 5.71. The maximum absolute atomic E-state index is 14.1. The Morgan fingerprint density at radius 3 is 2.90 bits per heavy atom. The van der Waals surface area contributed by atoms with E-state index in [0.717, 1.165) is 34.2 Å². The highest BCUT2D eigenvalue weighted by molar-refractivity contribution is 7.13. The third-order valence-corrected chi connectivity index (χ3v) is 7.84. The molecular weight excluding hydrogens is 526 g/mol. The number of aromatic amines is 1. The van der Waals surface area contributed by atoms with Gasteiger partial charge in [0.15, 0.2) is 0 Å². The molecule has 2 amide bonds. The average Bonchev–Trinajstić information content (AvgIpc) is 3.78. The maximum Gasteiger partial charge on any atom is 0.251 e. The molecule has 1 saturated heterocycles. The summed E-state index contributed by atoms with van der Waals surface area (Å²) in [6, 6.07) is 18.2. The van der Waals surface area contributed by atoms with Crippen LogP contribution in [0.25, 0.3) is 21.6 Å². The number of hydrogen-bond donors (Lipinski definition) is 2. The highest BCUT2D eigenvalue weighted by atomic mass is 32.1. The van der Waals surface area contributed by atoms with E-state index in [9.17, 15) is 9.59 Å². The molecule has 11 heteroatoms. The molecule has 4 heterocycles. The lowest BCUT2D eigenvalue weighted by Crippen LogP contribution is -2.46. The standard InChI is InChI=1S/C29H29N7O3S/c1-19-7-4-8-20(15-19)36(26(37)18-35-33-28(32-34-35)25-12-6-14-40-25)27(29(38)31-16-21-9-5-13-39-21)23-17-30-24-11-3-2-10-22(23)24/h2-4,6-8,10-12,14-15,17,21,27,30H,5,9,13,16,18H2,1H3,(H,31,38). The Hall–Kier alpha value is -4.35. The van der Waals surface area contributed by atoms with Gasteiger partial charge in [-0.25, -0.2) is 0 Å². The number of benzene rings is 2. The Bertz CT molecular complexity index is 1620. The van der Waals surface area contributed by atoms with E-state index in [1.807, 2.05) is 73.0 Å². The molecule has 3 aromatic heterocycles. The Labute approximate surface area is 235 Å². The quantitative estimate of drug-likeness (QED) is 0.281. The maximum atomic E-state index is 14.1. The van der Waals surface area contributed by atoms with Gasteiger partial charge in [-0.1, -0.05) is 36.4 Å². The van der Waals surface area contributed by atoms with Gasteiger partial charge in [-0.15, -0.1) is 21.5 Å². The number of carbonyl (C=O) groups excluding carboxylic acids is 2. The molecule has 0 aliphatic carbocycles. The van der Waals surface area contributed by atoms with Gasteiger partial charge in [-0.05, 0) is 60.2 Å². The molecule has 0 saturated carbocycles. The van der Waals surface area contributed by atoms with E-state index in [2.05, 4.69) is 25.7 Å². The predicted molar refractivity (Wildman–Crippen MR) is 153 cm³/mol. The molecule has 2 unspecified atom stereocenters. The lowest BCUT2D eigenvalue weighted by molar-refractivity contribution is -0.127. The predicted octanol–water partition coefficient (Wildman–Crippen LogP) is 4.26. The van der Waals surface area contributed by atoms with Crippen LogP contribution in [-0.4, -0.2) is 56.3 Å². The van der Waals surface area contributed by atoms with Crippen LogP contribution in [0.5, 0.6) is 0 Å². The number of anilines is 1. The number of nitrogens with zero attached hydrogens (tertiary/aromatic N) is 5. The number of H-pyrrole nitrogens is 1. The lowest BCUT2D eigenvalue weighted by Gasteiger charge is -2.31. The minimum absolute atomic E-state index is 0.0364. The van der Waals surface area contributed by atoms with Crippen molar-refractivity contribution in [3.8, 4) is 10.7 Å². The number of fused-ring (bicyclic) bond motifs is 1. The SMILES string of the molecule is Cc1cccc(N(C(=O)Cn2nnc(-c3cccs3)n2)C(C(=O)NCC2CCCO2)c2c[nH]c3ccccc23)c1. The highest BCUT2D eigenvalue weighted by Gasteiger charge is 2.35. The highest BCUT2D eigenvalue weighted by Crippen LogP contribution is 2.33. The normalized spacial score (nSPS) is 15.8. The van der Waals surface area contributed by atoms with Crippen LogP contribution < -0.4 is 10.2 Å². The van der Waals surface area contributed by atoms with Crippen molar-refractivity contribution in [2.45, 2.75) is 38.5 Å². The van der Waals surface area contributed by atoms with Crippen LogP contribution >= 0.6 is 11.3 Å². The van der Waals surface area contributed by atoms with Crippen molar-refractivity contribution in [1.82, 2.24) is 30.5 Å². The van der Waals surface area contributed by atoms with E-state index in [1.165, 1.54) is 16.1 Å². The van der Waals surface area contributed by atoms with Gasteiger partial charge in [-0.3, -0.25) is 14.5 Å². The topological polar surface area (TPSA) is 118 Å². The van der Waals surface area contributed by atoms with Crippen LogP contribution in [-0.2, 0) is 20.9 Å². The molecule has 2 aromatic carbocycles. The molecule has 6 rings (SSSR count). The second-order valence-electron chi connectivity index (χ2n) is 9.80. The Balaban J connectivity index is 1.39. The zero-order valence-corrected chi connectivity index (χ0v) is 22.8. The molecule has 40 heavy (non-hydrogen) atoms. The Morgan fingerprint density at radius 1 is 1.20 bits per heavy atom. The van der Waals surface area contributed by atoms with Gasteiger partial charge in [0.25, 0.3) is 5.91 Å². The van der Waals surface area contributed by atoms with E-state index in [0.29, 0.717) is 30.2 Å². The summed E-state index contributed by atoms with van der Waals surface area (Å²) < 4.78 is 5.74. The van der Waals surface area contributed by atoms with Gasteiger partial charge in [0.2, 0.25) is 11.7 Å². The van der Waals surface area contributed by atoms with Crippen molar-refractivity contribution in [1.29, 1.82) is 0 Å². The van der Waals surface area contributed by atoms with Crippen LogP contribution in [0.2, 0.25) is 0 Å². The first-order chi connectivity index (χ1) is 19.6. The fraction of sp³-hybridized carbons (Fsp3) is 0.276. The molecule has 1 fully saturated rings. The first-order valence-electron chi connectivity index (χ1n) is 13.2. The lowest BCUT2D eigenvalue weighted by atomic mass is 10.0. The zero-order valence-electron chi connectivity index (χ0n) is 22.0. The largest absolute Gasteiger partial charge is 0.376 e. The number of thiophene rings is 1. The molecule has 5 aromatic rings. The molecule has 2 atom stereocenters.